The number of alkyl halides is 1. The van der Waals surface area contributed by atoms with Crippen LogP contribution >= 0.6 is 34.4 Å². The van der Waals surface area contributed by atoms with Crippen LogP contribution in [0.3, 0.4) is 0 Å². The topological polar surface area (TPSA) is 20.3 Å². The molecule has 1 amide bonds. The molecule has 0 aromatic heterocycles. The van der Waals surface area contributed by atoms with Gasteiger partial charge in [0.25, 0.3) is 0 Å². The van der Waals surface area contributed by atoms with Gasteiger partial charge in [-0.15, -0.1) is 18.2 Å². The maximum absolute atomic E-state index is 12.8. The average Bonchev–Trinajstić information content (AvgIpc) is 2.91. The van der Waals surface area contributed by atoms with E-state index >= 15 is 0 Å². The number of benzene rings is 2. The normalized spacial score (nSPS) is 22.6. The lowest BCUT2D eigenvalue weighted by atomic mass is 10.1. The number of carbonyl (C=O) groups is 1. The van der Waals surface area contributed by atoms with E-state index in [2.05, 4.69) is 72.7 Å². The second-order valence-corrected chi connectivity index (χ2v) is 8.41. The molecule has 0 spiro atoms. The molecule has 1 aliphatic rings. The van der Waals surface area contributed by atoms with Gasteiger partial charge in [-0.25, -0.2) is 0 Å². The molecule has 118 valence electrons. The fourth-order valence-corrected chi connectivity index (χ4v) is 5.18. The van der Waals surface area contributed by atoms with E-state index in [0.717, 1.165) is 5.56 Å². The van der Waals surface area contributed by atoms with Crippen LogP contribution in [-0.4, -0.2) is 20.1 Å². The summed E-state index contributed by atoms with van der Waals surface area (Å²) in [4.78, 5) is 14.7. The first-order valence-corrected chi connectivity index (χ1v) is 9.78. The highest BCUT2D eigenvalue weighted by atomic mass is 127. The van der Waals surface area contributed by atoms with Crippen molar-refractivity contribution >= 4 is 51.0 Å². The summed E-state index contributed by atoms with van der Waals surface area (Å²) in [6.07, 6.45) is 5.61. The third-order valence-electron chi connectivity index (χ3n) is 4.07. The van der Waals surface area contributed by atoms with Crippen LogP contribution in [0, 0.1) is 18.3 Å². The second-order valence-electron chi connectivity index (χ2n) is 6.01. The van der Waals surface area contributed by atoms with E-state index < -0.39 is 0 Å². The van der Waals surface area contributed by atoms with E-state index in [1.807, 2.05) is 17.0 Å². The smallest absolute Gasteiger partial charge is 0.238 e. The van der Waals surface area contributed by atoms with Gasteiger partial charge in [0.15, 0.2) is 0 Å². The zero-order chi connectivity index (χ0) is 16.6. The number of nitrogens with zero attached hydrogens (tertiary/aromatic N) is 1. The first-order chi connectivity index (χ1) is 11.0. The summed E-state index contributed by atoms with van der Waals surface area (Å²) >= 11 is 3.89. The van der Waals surface area contributed by atoms with Gasteiger partial charge in [0.2, 0.25) is 5.91 Å². The minimum absolute atomic E-state index is 0.0162. The standard InChI is InChI=1S/C19H18INOS/c1-4-16(20)21-18(22)17(12(2)3)23-19(21)15-10-9-13-7-5-6-8-14(13)11-15/h1,5-12,16-17,19H,2-3H3. The molecule has 0 bridgehead atoms. The van der Waals surface area contributed by atoms with Crippen molar-refractivity contribution in [3.8, 4) is 12.3 Å². The summed E-state index contributed by atoms with van der Waals surface area (Å²) in [5, 5.41) is 2.35. The Balaban J connectivity index is 2.03. The summed E-state index contributed by atoms with van der Waals surface area (Å²) in [6.45, 7) is 4.18. The Kier molecular flexibility index (Phi) is 4.88. The van der Waals surface area contributed by atoms with Crippen LogP contribution in [0.1, 0.15) is 24.8 Å². The van der Waals surface area contributed by atoms with Gasteiger partial charge in [-0.3, -0.25) is 4.79 Å². The van der Waals surface area contributed by atoms with Crippen molar-refractivity contribution < 1.29 is 4.79 Å². The van der Waals surface area contributed by atoms with Gasteiger partial charge in [-0.2, -0.15) is 0 Å². The van der Waals surface area contributed by atoms with Crippen molar-refractivity contribution in [1.82, 2.24) is 4.90 Å². The maximum Gasteiger partial charge on any atom is 0.238 e. The highest BCUT2D eigenvalue weighted by Crippen LogP contribution is 2.47. The Bertz CT molecular complexity index is 782. The Morgan fingerprint density at radius 1 is 1.22 bits per heavy atom. The highest BCUT2D eigenvalue weighted by Gasteiger charge is 2.44. The molecule has 2 nitrogen and oxygen atoms in total. The maximum atomic E-state index is 12.8. The molecule has 4 heteroatoms. The van der Waals surface area contributed by atoms with E-state index in [4.69, 9.17) is 6.42 Å². The number of hydrogen-bond donors (Lipinski definition) is 0. The predicted molar refractivity (Wildman–Crippen MR) is 106 cm³/mol. The third-order valence-corrected chi connectivity index (χ3v) is 6.83. The Morgan fingerprint density at radius 2 is 1.91 bits per heavy atom. The van der Waals surface area contributed by atoms with Crippen molar-refractivity contribution in [3.63, 3.8) is 0 Å². The summed E-state index contributed by atoms with van der Waals surface area (Å²) in [6, 6.07) is 14.7. The van der Waals surface area contributed by atoms with Crippen LogP contribution in [0.2, 0.25) is 0 Å². The number of terminal acetylenes is 1. The molecule has 1 aliphatic heterocycles. The number of amides is 1. The number of fused-ring (bicyclic) bond motifs is 1. The van der Waals surface area contributed by atoms with Crippen molar-refractivity contribution in [2.45, 2.75) is 28.5 Å². The number of halogens is 1. The monoisotopic (exact) mass is 435 g/mol. The number of rotatable bonds is 3. The third kappa shape index (κ3) is 3.09. The van der Waals surface area contributed by atoms with Gasteiger partial charge in [0.1, 0.15) is 9.42 Å². The molecule has 3 rings (SSSR count). The molecule has 3 unspecified atom stereocenters. The molecule has 23 heavy (non-hydrogen) atoms. The molecular formula is C19H18INOS. The largest absolute Gasteiger partial charge is 0.303 e. The highest BCUT2D eigenvalue weighted by molar-refractivity contribution is 14.1. The molecule has 2 aromatic carbocycles. The molecule has 1 fully saturated rings. The SMILES string of the molecule is C#CC(I)N1C(=O)C(C(C)C)SC1c1ccc2ccccc2c1. The van der Waals surface area contributed by atoms with Crippen molar-refractivity contribution in [3.05, 3.63) is 48.0 Å². The zero-order valence-corrected chi connectivity index (χ0v) is 16.0. The Hall–Kier alpha value is -1.19. The van der Waals surface area contributed by atoms with Crippen molar-refractivity contribution in [2.24, 2.45) is 5.92 Å². The first kappa shape index (κ1) is 16.7. The molecule has 0 saturated carbocycles. The number of thioether (sulfide) groups is 1. The predicted octanol–water partition coefficient (Wildman–Crippen LogP) is 4.83. The van der Waals surface area contributed by atoms with Crippen molar-refractivity contribution in [2.75, 3.05) is 0 Å². The van der Waals surface area contributed by atoms with Gasteiger partial charge in [-0.1, -0.05) is 56.2 Å². The average molecular weight is 435 g/mol. The van der Waals surface area contributed by atoms with Crippen LogP contribution in [0.25, 0.3) is 10.8 Å². The van der Waals surface area contributed by atoms with Crippen LogP contribution in [0.5, 0.6) is 0 Å². The van der Waals surface area contributed by atoms with Gasteiger partial charge >= 0.3 is 0 Å². The van der Waals surface area contributed by atoms with Crippen LogP contribution < -0.4 is 0 Å². The van der Waals surface area contributed by atoms with Gasteiger partial charge in [0.05, 0.1) is 5.25 Å². The number of hydrogen-bond acceptors (Lipinski definition) is 2. The summed E-state index contributed by atoms with van der Waals surface area (Å²) in [5.41, 5.74) is 1.14. The molecule has 1 heterocycles. The van der Waals surface area contributed by atoms with E-state index in [1.54, 1.807) is 11.8 Å². The van der Waals surface area contributed by atoms with E-state index in [-0.39, 0.29) is 20.6 Å². The van der Waals surface area contributed by atoms with Crippen LogP contribution in [0.15, 0.2) is 42.5 Å². The van der Waals surface area contributed by atoms with Crippen molar-refractivity contribution in [1.29, 1.82) is 0 Å². The molecule has 0 radical (unpaired) electrons. The fraction of sp³-hybridized carbons (Fsp3) is 0.316. The molecule has 3 atom stereocenters. The number of carbonyl (C=O) groups excluding carboxylic acids is 1. The molecule has 2 aromatic rings. The van der Waals surface area contributed by atoms with Gasteiger partial charge in [0, 0.05) is 0 Å². The lowest BCUT2D eigenvalue weighted by Gasteiger charge is -2.26. The lowest BCUT2D eigenvalue weighted by Crippen LogP contribution is -2.37. The Labute approximate surface area is 155 Å². The van der Waals surface area contributed by atoms with E-state index in [9.17, 15) is 4.79 Å². The van der Waals surface area contributed by atoms with Crippen LogP contribution in [-0.2, 0) is 4.79 Å². The van der Waals surface area contributed by atoms with Gasteiger partial charge in [-0.05, 0) is 50.9 Å². The Morgan fingerprint density at radius 3 is 2.57 bits per heavy atom. The molecular weight excluding hydrogens is 417 g/mol. The van der Waals surface area contributed by atoms with Crippen LogP contribution in [0.4, 0.5) is 0 Å². The summed E-state index contributed by atoms with van der Waals surface area (Å²) < 4.78 is -0.229. The summed E-state index contributed by atoms with van der Waals surface area (Å²) in [5.74, 6) is 3.16. The fourth-order valence-electron chi connectivity index (χ4n) is 2.88. The second kappa shape index (κ2) is 6.74. The van der Waals surface area contributed by atoms with Gasteiger partial charge < -0.3 is 4.90 Å². The first-order valence-electron chi connectivity index (χ1n) is 7.59. The summed E-state index contributed by atoms with van der Waals surface area (Å²) in [7, 11) is 0. The lowest BCUT2D eigenvalue weighted by molar-refractivity contribution is -0.130. The molecule has 0 aliphatic carbocycles. The quantitative estimate of drug-likeness (QED) is 0.298. The molecule has 0 N–H and O–H groups in total. The van der Waals surface area contributed by atoms with E-state index in [0.29, 0.717) is 5.92 Å². The zero-order valence-electron chi connectivity index (χ0n) is 13.1. The molecule has 1 saturated heterocycles. The minimum Gasteiger partial charge on any atom is -0.303 e. The minimum atomic E-state index is -0.229. The van der Waals surface area contributed by atoms with E-state index in [1.165, 1.54) is 10.8 Å².